The molecule has 9 heteroatoms. The van der Waals surface area contributed by atoms with Crippen LogP contribution in [0.5, 0.6) is 0 Å². The van der Waals surface area contributed by atoms with Crippen LogP contribution in [0.25, 0.3) is 5.57 Å². The quantitative estimate of drug-likeness (QED) is 0.626. The maximum absolute atomic E-state index is 12.6. The average Bonchev–Trinajstić information content (AvgIpc) is 2.70. The SMILES string of the molecule is C/C=C(/CCC1C=CC(C(F)(F)F)=CC1)c1ccnc(NCCC(=O)[O-])n1.CC.[Na+]. The first-order chi connectivity index (χ1) is 13.8. The van der Waals surface area contributed by atoms with E-state index in [1.54, 1.807) is 18.3 Å². The van der Waals surface area contributed by atoms with E-state index >= 15 is 0 Å². The molecule has 1 aliphatic rings. The van der Waals surface area contributed by atoms with Gasteiger partial charge in [-0.2, -0.15) is 13.2 Å². The van der Waals surface area contributed by atoms with Crippen LogP contribution in [0.15, 0.2) is 42.1 Å². The maximum atomic E-state index is 12.6. The Kier molecular flexibility index (Phi) is 13.6. The number of nitrogens with one attached hydrogen (secondary N) is 1. The van der Waals surface area contributed by atoms with E-state index in [9.17, 15) is 23.1 Å². The van der Waals surface area contributed by atoms with Gasteiger partial charge in [0.25, 0.3) is 0 Å². The number of carbonyl (C=O) groups excluding carboxylic acids is 1. The molecule has 160 valence electrons. The normalized spacial score (nSPS) is 16.0. The predicted molar refractivity (Wildman–Crippen MR) is 106 cm³/mol. The second kappa shape index (κ2) is 14.4. The van der Waals surface area contributed by atoms with E-state index in [0.29, 0.717) is 30.9 Å². The number of rotatable bonds is 8. The van der Waals surface area contributed by atoms with Gasteiger partial charge in [-0.15, -0.1) is 0 Å². The Morgan fingerprint density at radius 3 is 2.57 bits per heavy atom. The van der Waals surface area contributed by atoms with Crippen molar-refractivity contribution < 1.29 is 52.6 Å². The van der Waals surface area contributed by atoms with Crippen LogP contribution < -0.4 is 40.0 Å². The number of hydrogen-bond acceptors (Lipinski definition) is 5. The standard InChI is InChI=1S/C19H22F3N3O2.C2H6.Na/c1-2-14(6-3-13-4-7-15(8-5-13)19(20,21)22)16-9-11-23-18(25-16)24-12-10-17(26)27;1-2;/h2,4,7-9,11,13H,3,5-6,10,12H2,1H3,(H,26,27)(H,23,24,25);1-2H3;/q;;+1/p-1/b14-2-;;. The van der Waals surface area contributed by atoms with Gasteiger partial charge in [0.05, 0.1) is 11.3 Å². The number of alkyl halides is 3. The zero-order valence-corrected chi connectivity index (χ0v) is 19.9. The van der Waals surface area contributed by atoms with Crippen molar-refractivity contribution in [2.24, 2.45) is 5.92 Å². The molecule has 5 nitrogen and oxygen atoms in total. The van der Waals surface area contributed by atoms with E-state index in [-0.39, 0.29) is 48.4 Å². The molecule has 30 heavy (non-hydrogen) atoms. The molecule has 0 fully saturated rings. The minimum atomic E-state index is -4.29. The summed E-state index contributed by atoms with van der Waals surface area (Å²) in [6.07, 6.45) is 4.78. The molecule has 0 saturated heterocycles. The smallest absolute Gasteiger partial charge is 0.550 e. The fourth-order valence-electron chi connectivity index (χ4n) is 2.75. The van der Waals surface area contributed by atoms with Gasteiger partial charge in [0.1, 0.15) is 0 Å². The Balaban J connectivity index is 0.00000272. The number of anilines is 1. The van der Waals surface area contributed by atoms with Crippen molar-refractivity contribution in [1.29, 1.82) is 0 Å². The Bertz CT molecular complexity index is 762. The summed E-state index contributed by atoms with van der Waals surface area (Å²) in [5.41, 5.74) is 1.07. The summed E-state index contributed by atoms with van der Waals surface area (Å²) < 4.78 is 37.9. The molecule has 0 radical (unpaired) electrons. The summed E-state index contributed by atoms with van der Waals surface area (Å²) in [6, 6.07) is 1.75. The van der Waals surface area contributed by atoms with Crippen molar-refractivity contribution in [2.45, 2.75) is 52.6 Å². The Labute approximate surface area is 197 Å². The van der Waals surface area contributed by atoms with Gasteiger partial charge < -0.3 is 15.2 Å². The van der Waals surface area contributed by atoms with E-state index in [4.69, 9.17) is 0 Å². The van der Waals surface area contributed by atoms with Crippen molar-refractivity contribution in [3.05, 3.63) is 47.8 Å². The van der Waals surface area contributed by atoms with E-state index in [0.717, 1.165) is 11.6 Å². The Hall–Kier alpha value is -1.64. The molecule has 0 spiro atoms. The minimum absolute atomic E-state index is 0. The number of carboxylic acids is 1. The molecule has 1 unspecified atom stereocenters. The van der Waals surface area contributed by atoms with Crippen molar-refractivity contribution in [3.8, 4) is 0 Å². The zero-order valence-electron chi connectivity index (χ0n) is 17.9. The molecule has 1 aliphatic carbocycles. The second-order valence-electron chi connectivity index (χ2n) is 6.18. The minimum Gasteiger partial charge on any atom is -0.550 e. The number of nitrogens with zero attached hydrogens (tertiary/aromatic N) is 2. The van der Waals surface area contributed by atoms with Gasteiger partial charge in [-0.25, -0.2) is 9.97 Å². The number of halogens is 3. The predicted octanol–water partition coefficient (Wildman–Crippen LogP) is 1.31. The third-order valence-electron chi connectivity index (χ3n) is 4.25. The first kappa shape index (κ1) is 28.4. The van der Waals surface area contributed by atoms with E-state index in [1.165, 1.54) is 6.08 Å². The molecule has 0 saturated carbocycles. The molecule has 0 aromatic carbocycles. The Morgan fingerprint density at radius 2 is 2.03 bits per heavy atom. The van der Waals surface area contributed by atoms with Gasteiger partial charge in [0.15, 0.2) is 0 Å². The van der Waals surface area contributed by atoms with Crippen molar-refractivity contribution >= 4 is 17.5 Å². The third-order valence-corrected chi connectivity index (χ3v) is 4.25. The molecule has 2 rings (SSSR count). The number of carboxylic acid groups (broad SMARTS) is 1. The monoisotopic (exact) mass is 433 g/mol. The molecule has 1 aromatic heterocycles. The molecule has 0 amide bonds. The zero-order chi connectivity index (χ0) is 21.9. The van der Waals surface area contributed by atoms with E-state index < -0.39 is 17.7 Å². The summed E-state index contributed by atoms with van der Waals surface area (Å²) in [4.78, 5) is 18.9. The largest absolute Gasteiger partial charge is 1.00 e. The van der Waals surface area contributed by atoms with Gasteiger partial charge >= 0.3 is 35.7 Å². The molecule has 1 atom stereocenters. The molecule has 1 heterocycles. The van der Waals surface area contributed by atoms with Crippen molar-refractivity contribution in [1.82, 2.24) is 9.97 Å². The van der Waals surface area contributed by atoms with Crippen LogP contribution in [0.3, 0.4) is 0 Å². The summed E-state index contributed by atoms with van der Waals surface area (Å²) in [7, 11) is 0. The number of hydrogen-bond donors (Lipinski definition) is 1. The number of aromatic nitrogens is 2. The van der Waals surface area contributed by atoms with Gasteiger partial charge in [-0.3, -0.25) is 0 Å². The fraction of sp³-hybridized carbons (Fsp3) is 0.476. The van der Waals surface area contributed by atoms with Crippen LogP contribution in [0.2, 0.25) is 0 Å². The van der Waals surface area contributed by atoms with E-state index in [1.807, 2.05) is 26.8 Å². The van der Waals surface area contributed by atoms with Crippen LogP contribution in [0.4, 0.5) is 19.1 Å². The van der Waals surface area contributed by atoms with Crippen LogP contribution in [-0.4, -0.2) is 28.7 Å². The topological polar surface area (TPSA) is 77.9 Å². The summed E-state index contributed by atoms with van der Waals surface area (Å²) in [6.45, 7) is 6.04. The average molecular weight is 433 g/mol. The summed E-state index contributed by atoms with van der Waals surface area (Å²) in [5.74, 6) is -0.784. The van der Waals surface area contributed by atoms with Crippen LogP contribution in [0, 0.1) is 5.92 Å². The molecule has 1 N–H and O–H groups in total. The fourth-order valence-corrected chi connectivity index (χ4v) is 2.75. The van der Waals surface area contributed by atoms with Crippen molar-refractivity contribution in [3.63, 3.8) is 0 Å². The first-order valence-corrected chi connectivity index (χ1v) is 9.67. The van der Waals surface area contributed by atoms with Crippen LogP contribution in [-0.2, 0) is 4.79 Å². The Morgan fingerprint density at radius 1 is 1.33 bits per heavy atom. The molecule has 1 aromatic rings. The molecular weight excluding hydrogens is 406 g/mol. The molecule has 0 aliphatic heterocycles. The third kappa shape index (κ3) is 9.91. The number of allylic oxidation sites excluding steroid dienone is 6. The molecular formula is C21H27F3N3NaO2. The van der Waals surface area contributed by atoms with E-state index in [2.05, 4.69) is 15.3 Å². The van der Waals surface area contributed by atoms with Gasteiger partial charge in [-0.05, 0) is 43.7 Å². The van der Waals surface area contributed by atoms with Crippen molar-refractivity contribution in [2.75, 3.05) is 11.9 Å². The number of aliphatic carboxylic acids is 1. The summed E-state index contributed by atoms with van der Waals surface area (Å²) in [5, 5.41) is 13.3. The van der Waals surface area contributed by atoms with Gasteiger partial charge in [0.2, 0.25) is 5.95 Å². The second-order valence-corrected chi connectivity index (χ2v) is 6.18. The molecule has 0 bridgehead atoms. The van der Waals surface area contributed by atoms with Crippen LogP contribution in [0.1, 0.15) is 52.1 Å². The van der Waals surface area contributed by atoms with Gasteiger partial charge in [-0.1, -0.05) is 38.2 Å². The maximum Gasteiger partial charge on any atom is 1.00 e. The summed E-state index contributed by atoms with van der Waals surface area (Å²) >= 11 is 0. The number of carbonyl (C=O) groups is 1. The van der Waals surface area contributed by atoms with Gasteiger partial charge in [0, 0.05) is 25.1 Å². The first-order valence-electron chi connectivity index (χ1n) is 9.67. The van der Waals surface area contributed by atoms with Crippen LogP contribution >= 0.6 is 0 Å².